The zero-order valence-electron chi connectivity index (χ0n) is 11.9. The number of fused-ring (bicyclic) bond motifs is 1. The van der Waals surface area contributed by atoms with Crippen LogP contribution in [0.4, 0.5) is 5.69 Å². The Morgan fingerprint density at radius 3 is 2.71 bits per heavy atom. The molecule has 3 rings (SSSR count). The smallest absolute Gasteiger partial charge is 0.341 e. The van der Waals surface area contributed by atoms with Crippen molar-refractivity contribution in [2.24, 2.45) is 0 Å². The van der Waals surface area contributed by atoms with Crippen LogP contribution in [0, 0.1) is 0 Å². The summed E-state index contributed by atoms with van der Waals surface area (Å²) >= 11 is 0. The van der Waals surface area contributed by atoms with E-state index in [1.54, 1.807) is 18.2 Å². The van der Waals surface area contributed by atoms with E-state index in [0.717, 1.165) is 18.6 Å². The highest BCUT2D eigenvalue weighted by atomic mass is 16.5. The van der Waals surface area contributed by atoms with Crippen molar-refractivity contribution in [2.75, 3.05) is 12.8 Å². The first-order valence-electron chi connectivity index (χ1n) is 6.95. The van der Waals surface area contributed by atoms with Gasteiger partial charge < -0.3 is 15.2 Å². The van der Waals surface area contributed by atoms with Crippen LogP contribution in [0.5, 0.6) is 11.5 Å². The summed E-state index contributed by atoms with van der Waals surface area (Å²) in [5, 5.41) is 0. The van der Waals surface area contributed by atoms with Gasteiger partial charge in [0.1, 0.15) is 17.1 Å². The molecule has 4 heteroatoms. The van der Waals surface area contributed by atoms with E-state index in [2.05, 4.69) is 6.07 Å². The van der Waals surface area contributed by atoms with Gasteiger partial charge >= 0.3 is 5.97 Å². The molecule has 0 atom stereocenters. The normalized spacial score (nSPS) is 12.8. The highest BCUT2D eigenvalue weighted by molar-refractivity contribution is 5.93. The fourth-order valence-corrected chi connectivity index (χ4v) is 2.64. The molecule has 2 aromatic carbocycles. The van der Waals surface area contributed by atoms with Crippen molar-refractivity contribution in [1.82, 2.24) is 0 Å². The molecule has 0 unspecified atom stereocenters. The molecule has 0 saturated carbocycles. The van der Waals surface area contributed by atoms with Crippen LogP contribution >= 0.6 is 0 Å². The number of hydrogen-bond acceptors (Lipinski definition) is 4. The SMILES string of the molecule is COC(=O)c1cc(N)ccc1Oc1ccc2c(c1)CCC2. The van der Waals surface area contributed by atoms with Gasteiger partial charge in [0.2, 0.25) is 0 Å². The van der Waals surface area contributed by atoms with Crippen LogP contribution in [0.25, 0.3) is 0 Å². The average molecular weight is 283 g/mol. The van der Waals surface area contributed by atoms with Crippen LogP contribution in [0.3, 0.4) is 0 Å². The quantitative estimate of drug-likeness (QED) is 0.693. The van der Waals surface area contributed by atoms with Crippen molar-refractivity contribution >= 4 is 11.7 Å². The van der Waals surface area contributed by atoms with Gasteiger partial charge in [-0.3, -0.25) is 0 Å². The summed E-state index contributed by atoms with van der Waals surface area (Å²) in [7, 11) is 1.34. The maximum atomic E-state index is 11.8. The number of aryl methyl sites for hydroxylation is 2. The Morgan fingerprint density at radius 1 is 1.10 bits per heavy atom. The van der Waals surface area contributed by atoms with Gasteiger partial charge in [0.25, 0.3) is 0 Å². The third-order valence-electron chi connectivity index (χ3n) is 3.71. The van der Waals surface area contributed by atoms with E-state index in [0.29, 0.717) is 17.0 Å². The van der Waals surface area contributed by atoms with E-state index in [9.17, 15) is 4.79 Å². The lowest BCUT2D eigenvalue weighted by molar-refractivity contribution is 0.0598. The van der Waals surface area contributed by atoms with Crippen LogP contribution in [0.15, 0.2) is 36.4 Å². The Labute approximate surface area is 123 Å². The second-order valence-corrected chi connectivity index (χ2v) is 5.13. The number of methoxy groups -OCH3 is 1. The highest BCUT2D eigenvalue weighted by Gasteiger charge is 2.16. The maximum absolute atomic E-state index is 11.8. The molecule has 0 spiro atoms. The van der Waals surface area contributed by atoms with Crippen LogP contribution in [0.1, 0.15) is 27.9 Å². The number of hydrogen-bond donors (Lipinski definition) is 1. The summed E-state index contributed by atoms with van der Waals surface area (Å²) in [6.45, 7) is 0. The Bertz CT molecular complexity index is 694. The summed E-state index contributed by atoms with van der Waals surface area (Å²) in [6, 6.07) is 11.0. The lowest BCUT2D eigenvalue weighted by atomic mass is 10.1. The molecule has 0 bridgehead atoms. The van der Waals surface area contributed by atoms with Gasteiger partial charge in [-0.05, 0) is 60.7 Å². The molecule has 108 valence electrons. The van der Waals surface area contributed by atoms with E-state index < -0.39 is 5.97 Å². The number of benzene rings is 2. The molecule has 0 aliphatic heterocycles. The molecule has 2 aromatic rings. The summed E-state index contributed by atoms with van der Waals surface area (Å²) in [5.74, 6) is 0.720. The van der Waals surface area contributed by atoms with Crippen LogP contribution < -0.4 is 10.5 Å². The zero-order chi connectivity index (χ0) is 14.8. The minimum atomic E-state index is -0.460. The molecule has 4 nitrogen and oxygen atoms in total. The van der Waals surface area contributed by atoms with Gasteiger partial charge in [-0.15, -0.1) is 0 Å². The van der Waals surface area contributed by atoms with Gasteiger partial charge in [-0.25, -0.2) is 4.79 Å². The van der Waals surface area contributed by atoms with E-state index >= 15 is 0 Å². The third-order valence-corrected chi connectivity index (χ3v) is 3.71. The topological polar surface area (TPSA) is 61.5 Å². The number of anilines is 1. The van der Waals surface area contributed by atoms with Gasteiger partial charge in [-0.1, -0.05) is 6.07 Å². The first kappa shape index (κ1) is 13.5. The van der Waals surface area contributed by atoms with Crippen molar-refractivity contribution in [3.8, 4) is 11.5 Å². The van der Waals surface area contributed by atoms with Crippen molar-refractivity contribution in [2.45, 2.75) is 19.3 Å². The third kappa shape index (κ3) is 2.70. The molecule has 0 saturated heterocycles. The van der Waals surface area contributed by atoms with Gasteiger partial charge in [-0.2, -0.15) is 0 Å². The molecule has 2 N–H and O–H groups in total. The van der Waals surface area contributed by atoms with E-state index in [-0.39, 0.29) is 0 Å². The zero-order valence-corrected chi connectivity index (χ0v) is 11.9. The van der Waals surface area contributed by atoms with Crippen molar-refractivity contribution in [3.63, 3.8) is 0 Å². The van der Waals surface area contributed by atoms with Gasteiger partial charge in [0, 0.05) is 5.69 Å². The molecule has 1 aliphatic rings. The molecule has 0 amide bonds. The molecule has 0 aromatic heterocycles. The lowest BCUT2D eigenvalue weighted by Gasteiger charge is -2.11. The Kier molecular flexibility index (Phi) is 3.52. The van der Waals surface area contributed by atoms with Crippen LogP contribution in [-0.4, -0.2) is 13.1 Å². The van der Waals surface area contributed by atoms with Crippen molar-refractivity contribution in [3.05, 3.63) is 53.1 Å². The molecule has 21 heavy (non-hydrogen) atoms. The Hall–Kier alpha value is -2.49. The largest absolute Gasteiger partial charge is 0.465 e. The van der Waals surface area contributed by atoms with Crippen molar-refractivity contribution in [1.29, 1.82) is 0 Å². The molecule has 0 heterocycles. The maximum Gasteiger partial charge on any atom is 0.341 e. The lowest BCUT2D eigenvalue weighted by Crippen LogP contribution is -2.04. The predicted octanol–water partition coefficient (Wildman–Crippen LogP) is 3.34. The fourth-order valence-electron chi connectivity index (χ4n) is 2.64. The number of nitrogen functional groups attached to an aromatic ring is 1. The summed E-state index contributed by atoms with van der Waals surface area (Å²) in [6.07, 6.45) is 3.40. The first-order chi connectivity index (χ1) is 10.2. The molecule has 0 radical (unpaired) electrons. The number of esters is 1. The summed E-state index contributed by atoms with van der Waals surface area (Å²) in [5.41, 5.74) is 9.26. The van der Waals surface area contributed by atoms with Crippen LogP contribution in [0.2, 0.25) is 0 Å². The highest BCUT2D eigenvalue weighted by Crippen LogP contribution is 2.31. The first-order valence-corrected chi connectivity index (χ1v) is 6.95. The average Bonchev–Trinajstić information content (AvgIpc) is 2.96. The Balaban J connectivity index is 1.92. The predicted molar refractivity (Wildman–Crippen MR) is 80.7 cm³/mol. The van der Waals surface area contributed by atoms with E-state index in [1.165, 1.54) is 24.7 Å². The number of rotatable bonds is 3. The fraction of sp³-hybridized carbons (Fsp3) is 0.235. The number of nitrogens with two attached hydrogens (primary N) is 1. The molecule has 1 aliphatic carbocycles. The monoisotopic (exact) mass is 283 g/mol. The van der Waals surface area contributed by atoms with Gasteiger partial charge in [0.05, 0.1) is 7.11 Å². The van der Waals surface area contributed by atoms with Crippen LogP contribution in [-0.2, 0) is 17.6 Å². The summed E-state index contributed by atoms with van der Waals surface area (Å²) < 4.78 is 10.6. The van der Waals surface area contributed by atoms with Gasteiger partial charge in [0.15, 0.2) is 0 Å². The Morgan fingerprint density at radius 2 is 1.90 bits per heavy atom. The molecule has 0 fully saturated rings. The minimum absolute atomic E-state index is 0.331. The van der Waals surface area contributed by atoms with E-state index in [4.69, 9.17) is 15.2 Å². The number of carbonyl (C=O) groups excluding carboxylic acids is 1. The standard InChI is InChI=1S/C17H17NO3/c1-20-17(19)15-10-13(18)6-8-16(15)21-14-7-5-11-3-2-4-12(11)9-14/h5-10H,2-4,18H2,1H3. The second-order valence-electron chi connectivity index (χ2n) is 5.13. The van der Waals surface area contributed by atoms with Crippen molar-refractivity contribution < 1.29 is 14.3 Å². The minimum Gasteiger partial charge on any atom is -0.465 e. The molecular formula is C17H17NO3. The number of carbonyl (C=O) groups is 1. The molecular weight excluding hydrogens is 266 g/mol. The summed E-state index contributed by atoms with van der Waals surface area (Å²) in [4.78, 5) is 11.8. The van der Waals surface area contributed by atoms with E-state index in [1.807, 2.05) is 12.1 Å². The second kappa shape index (κ2) is 5.48. The number of ether oxygens (including phenoxy) is 2.